The van der Waals surface area contributed by atoms with Gasteiger partial charge in [-0.2, -0.15) is 4.98 Å². The number of allylic oxidation sites excluding steroid dienone is 1. The number of rotatable bonds is 13. The van der Waals surface area contributed by atoms with Gasteiger partial charge in [-0.1, -0.05) is 48.7 Å². The third kappa shape index (κ3) is 7.39. The van der Waals surface area contributed by atoms with Crippen molar-refractivity contribution in [3.63, 3.8) is 0 Å². The Balaban J connectivity index is 1.40. The molecule has 3 aromatic rings. The first-order valence-electron chi connectivity index (χ1n) is 17.3. The maximum atomic E-state index is 14.4. The van der Waals surface area contributed by atoms with Gasteiger partial charge >= 0.3 is 0 Å². The molecule has 0 saturated heterocycles. The van der Waals surface area contributed by atoms with Crippen molar-refractivity contribution in [3.05, 3.63) is 69.5 Å². The summed E-state index contributed by atoms with van der Waals surface area (Å²) in [6.45, 7) is 1.62. The predicted molar refractivity (Wildman–Crippen MR) is 197 cm³/mol. The number of aliphatic hydroxyl groups excluding tert-OH is 1. The Morgan fingerprint density at radius 3 is 2.45 bits per heavy atom. The number of thioether (sulfide) groups is 1. The van der Waals surface area contributed by atoms with Crippen LogP contribution in [0.2, 0.25) is 5.02 Å². The zero-order valence-corrected chi connectivity index (χ0v) is 32.5. The number of hydrogen-bond donors (Lipinski definition) is 2. The number of carbonyl (C=O) groups is 3. The Kier molecular flexibility index (Phi) is 11.2. The van der Waals surface area contributed by atoms with Crippen molar-refractivity contribution in [1.82, 2.24) is 15.5 Å². The Morgan fingerprint density at radius 1 is 1.15 bits per heavy atom. The van der Waals surface area contributed by atoms with E-state index in [0.29, 0.717) is 11.4 Å². The Hall–Kier alpha value is -4.08. The van der Waals surface area contributed by atoms with Crippen molar-refractivity contribution >= 4 is 50.7 Å². The van der Waals surface area contributed by atoms with Crippen molar-refractivity contribution in [2.75, 3.05) is 32.5 Å². The van der Waals surface area contributed by atoms with Crippen LogP contribution < -0.4 is 19.5 Å². The van der Waals surface area contributed by atoms with Crippen LogP contribution in [-0.4, -0.2) is 79.2 Å². The van der Waals surface area contributed by atoms with Crippen molar-refractivity contribution in [3.8, 4) is 17.2 Å². The first-order chi connectivity index (χ1) is 25.2. The van der Waals surface area contributed by atoms with Gasteiger partial charge in [0.2, 0.25) is 23.2 Å². The number of amides is 1. The minimum Gasteiger partial charge on any atom is -0.507 e. The molecule has 6 rings (SSSR count). The van der Waals surface area contributed by atoms with Crippen LogP contribution in [0.5, 0.6) is 17.2 Å². The van der Waals surface area contributed by atoms with Crippen LogP contribution >= 0.6 is 23.4 Å². The number of nitrogens with one attached hydrogen (secondary N) is 1. The minimum atomic E-state index is -3.44. The molecule has 2 heterocycles. The molecule has 3 aliphatic rings. The van der Waals surface area contributed by atoms with Crippen LogP contribution in [-0.2, 0) is 19.4 Å². The second-order valence-corrected chi connectivity index (χ2v) is 17.3. The number of Topliss-reactive ketones (excluding diaryl/α,β-unsaturated/α-hetero) is 2. The lowest BCUT2D eigenvalue weighted by molar-refractivity contribution is -0.122. The maximum absolute atomic E-state index is 14.4. The number of nitrogens with zero attached hydrogens (tertiary/aromatic N) is 2. The summed E-state index contributed by atoms with van der Waals surface area (Å²) in [5.41, 5.74) is -1.70. The summed E-state index contributed by atoms with van der Waals surface area (Å²) in [6.07, 6.45) is 6.31. The molecule has 1 aromatic heterocycles. The van der Waals surface area contributed by atoms with Crippen LogP contribution in [0, 0.1) is 5.92 Å². The summed E-state index contributed by atoms with van der Waals surface area (Å²) >= 11 is 8.13. The Labute approximate surface area is 317 Å². The maximum Gasteiger partial charge on any atom is 0.249 e. The minimum absolute atomic E-state index is 0.00531. The number of aliphatic hydroxyl groups is 1. The molecule has 284 valence electrons. The Bertz CT molecular complexity index is 2060. The highest BCUT2D eigenvalue weighted by atomic mass is 35.5. The molecule has 1 aliphatic heterocycles. The highest BCUT2D eigenvalue weighted by Gasteiger charge is 2.61. The van der Waals surface area contributed by atoms with E-state index in [0.717, 1.165) is 36.8 Å². The third-order valence-corrected chi connectivity index (χ3v) is 12.4. The average Bonchev–Trinajstić information content (AvgIpc) is 3.90. The second kappa shape index (κ2) is 15.3. The van der Waals surface area contributed by atoms with Gasteiger partial charge in [0.25, 0.3) is 0 Å². The van der Waals surface area contributed by atoms with Gasteiger partial charge in [-0.05, 0) is 43.2 Å². The number of ketones is 2. The molecule has 0 bridgehead atoms. The van der Waals surface area contributed by atoms with E-state index in [1.165, 1.54) is 32.0 Å². The molecule has 1 amide bonds. The van der Waals surface area contributed by atoms with E-state index in [4.69, 9.17) is 30.3 Å². The molecule has 2 aromatic carbocycles. The van der Waals surface area contributed by atoms with Crippen LogP contribution in [0.4, 0.5) is 0 Å². The molecule has 1 spiro atoms. The molecule has 13 nitrogen and oxygen atoms in total. The number of methoxy groups -OCH3 is 2. The first-order valence-corrected chi connectivity index (χ1v) is 21.0. The van der Waals surface area contributed by atoms with E-state index in [9.17, 15) is 27.9 Å². The number of fused-ring (bicyclic) bond motifs is 1. The van der Waals surface area contributed by atoms with E-state index >= 15 is 0 Å². The monoisotopic (exact) mass is 787 g/mol. The fraction of sp³-hybridized carbons (Fsp3) is 0.486. The summed E-state index contributed by atoms with van der Waals surface area (Å²) < 4.78 is 47.2. The first kappa shape index (κ1) is 38.6. The highest BCUT2D eigenvalue weighted by molar-refractivity contribution is 7.98. The van der Waals surface area contributed by atoms with Gasteiger partial charge in [0.1, 0.15) is 38.0 Å². The van der Waals surface area contributed by atoms with Crippen molar-refractivity contribution in [2.24, 2.45) is 5.92 Å². The molecule has 0 radical (unpaired) electrons. The summed E-state index contributed by atoms with van der Waals surface area (Å²) in [5, 5.41) is 19.2. The number of hydrogen-bond acceptors (Lipinski definition) is 13. The van der Waals surface area contributed by atoms with Gasteiger partial charge in [-0.3, -0.25) is 14.4 Å². The van der Waals surface area contributed by atoms with E-state index < -0.39 is 56.5 Å². The number of carbonyl (C=O) groups excluding carboxylic acids is 3. The summed E-state index contributed by atoms with van der Waals surface area (Å²) in [5.74, 6) is -3.53. The van der Waals surface area contributed by atoms with Gasteiger partial charge < -0.3 is 29.2 Å². The lowest BCUT2D eigenvalue weighted by Gasteiger charge is -2.38. The Morgan fingerprint density at radius 2 is 1.83 bits per heavy atom. The predicted octanol–water partition coefficient (Wildman–Crippen LogP) is 6.32. The van der Waals surface area contributed by atoms with Crippen LogP contribution in [0.25, 0.3) is 0 Å². The molecule has 4 atom stereocenters. The highest BCUT2D eigenvalue weighted by Crippen LogP contribution is 2.56. The molecule has 1 fully saturated rings. The number of sulfone groups is 1. The lowest BCUT2D eigenvalue weighted by atomic mass is 9.69. The molecular weight excluding hydrogens is 746 g/mol. The smallest absolute Gasteiger partial charge is 0.249 e. The van der Waals surface area contributed by atoms with Crippen LogP contribution in [0.1, 0.15) is 97.4 Å². The van der Waals surface area contributed by atoms with E-state index in [-0.39, 0.29) is 70.2 Å². The normalized spacial score (nSPS) is 21.4. The fourth-order valence-electron chi connectivity index (χ4n) is 7.53. The van der Waals surface area contributed by atoms with Gasteiger partial charge in [-0.15, -0.1) is 11.8 Å². The third-order valence-electron chi connectivity index (χ3n) is 10.4. The van der Waals surface area contributed by atoms with E-state index in [2.05, 4.69) is 15.5 Å². The molecule has 53 heavy (non-hydrogen) atoms. The standard InChI is InChI=1S/C37H42ClN3O10S2/c1-19-16-25(42)29(33(44)37(19)34(45)30-26(48-2)18-27(49-3)31(38)32(30)50-37)23(20-10-12-22(52-4)13-11-20)17-28(43)39-24(14-15-53(5,46)47)36-40-35(41-51-36)21-8-6-7-9-21/h10-13,18-19,21,23-24,44H,6-9,14-17H2,1-5H3,(H,39,43)/t19-,23?,24?,37+/m1/s1. The topological polar surface area (TPSA) is 184 Å². The molecule has 2 unspecified atom stereocenters. The zero-order valence-electron chi connectivity index (χ0n) is 30.1. The van der Waals surface area contributed by atoms with Crippen molar-refractivity contribution in [2.45, 2.75) is 80.2 Å². The summed E-state index contributed by atoms with van der Waals surface area (Å²) in [4.78, 5) is 48.0. The van der Waals surface area contributed by atoms with E-state index in [1.54, 1.807) is 19.1 Å². The fourth-order valence-corrected chi connectivity index (χ4v) is 8.86. The van der Waals surface area contributed by atoms with Gasteiger partial charge in [-0.25, -0.2) is 8.42 Å². The molecule has 1 saturated carbocycles. The van der Waals surface area contributed by atoms with Crippen molar-refractivity contribution in [1.29, 1.82) is 0 Å². The zero-order chi connectivity index (χ0) is 38.2. The van der Waals surface area contributed by atoms with Gasteiger partial charge in [0.05, 0.1) is 20.0 Å². The van der Waals surface area contributed by atoms with Crippen LogP contribution in [0.15, 0.2) is 51.1 Å². The average molecular weight is 788 g/mol. The number of ether oxygens (including phenoxy) is 3. The lowest BCUT2D eigenvalue weighted by Crippen LogP contribution is -2.53. The largest absolute Gasteiger partial charge is 0.507 e. The number of aromatic nitrogens is 2. The quantitative estimate of drug-likeness (QED) is 0.184. The molecular formula is C37H42ClN3O10S2. The SMILES string of the molecule is COc1cc(OC)c2c(c1Cl)O[C@]1(C2=O)C(O)=C(C(CC(=O)NC(CCS(C)(=O)=O)c2nc(C3CCCC3)no2)c2ccc(SC)cc2)C(=O)C[C@H]1C. The van der Waals surface area contributed by atoms with Crippen molar-refractivity contribution < 1.29 is 46.6 Å². The number of benzene rings is 2. The van der Waals surface area contributed by atoms with Crippen LogP contribution in [0.3, 0.4) is 0 Å². The molecule has 16 heteroatoms. The van der Waals surface area contributed by atoms with Gasteiger partial charge in [0, 0.05) is 53.4 Å². The van der Waals surface area contributed by atoms with Gasteiger partial charge in [0.15, 0.2) is 23.1 Å². The van der Waals surface area contributed by atoms with E-state index in [1.807, 2.05) is 18.4 Å². The second-order valence-electron chi connectivity index (χ2n) is 13.8. The summed E-state index contributed by atoms with van der Waals surface area (Å²) in [6, 6.07) is 7.67. The molecule has 2 N–H and O–H groups in total. The number of halogens is 1. The molecule has 2 aliphatic carbocycles. The summed E-state index contributed by atoms with van der Waals surface area (Å²) in [7, 11) is -0.668.